The highest BCUT2D eigenvalue weighted by Crippen LogP contribution is 2.32. The molecule has 9 heteroatoms. The Labute approximate surface area is 145 Å². The fourth-order valence-corrected chi connectivity index (χ4v) is 2.31. The number of rotatable bonds is 6. The Morgan fingerprint density at radius 3 is 2.08 bits per heavy atom. The summed E-state index contributed by atoms with van der Waals surface area (Å²) < 4.78 is 14.7. The molecule has 0 fully saturated rings. The van der Waals surface area contributed by atoms with Crippen molar-refractivity contribution in [1.29, 1.82) is 5.26 Å². The molecule has 9 nitrogen and oxygen atoms in total. The van der Waals surface area contributed by atoms with Crippen molar-refractivity contribution < 1.29 is 28.6 Å². The maximum Gasteiger partial charge on any atom is 0.350 e. The minimum absolute atomic E-state index is 0.0476. The summed E-state index contributed by atoms with van der Waals surface area (Å²) in [6, 6.07) is 1.69. The minimum atomic E-state index is -1.10. The number of nitriles is 1. The van der Waals surface area contributed by atoms with Gasteiger partial charge in [0.2, 0.25) is 0 Å². The van der Waals surface area contributed by atoms with Gasteiger partial charge in [-0.05, 0) is 27.2 Å². The van der Waals surface area contributed by atoms with Crippen LogP contribution in [0.4, 0.5) is 0 Å². The first-order valence-electron chi connectivity index (χ1n) is 7.89. The monoisotopic (exact) mass is 351 g/mol. The SMILES string of the molecule is CCOC(=O)/C(C#N)=C1\N=C(N)C(C(=O)OCC)CC1C(=O)OCC. The Kier molecular flexibility index (Phi) is 7.59. The zero-order valence-corrected chi connectivity index (χ0v) is 14.4. The molecule has 2 atom stereocenters. The van der Waals surface area contributed by atoms with E-state index in [0.29, 0.717) is 0 Å². The van der Waals surface area contributed by atoms with Gasteiger partial charge >= 0.3 is 17.9 Å². The van der Waals surface area contributed by atoms with Gasteiger partial charge in [-0.3, -0.25) is 9.59 Å². The maximum atomic E-state index is 12.3. The van der Waals surface area contributed by atoms with E-state index < -0.39 is 35.3 Å². The Hall–Kier alpha value is -2.89. The van der Waals surface area contributed by atoms with E-state index in [1.165, 1.54) is 0 Å². The number of nitrogens with zero attached hydrogens (tertiary/aromatic N) is 2. The van der Waals surface area contributed by atoms with Gasteiger partial charge in [-0.1, -0.05) is 0 Å². The van der Waals surface area contributed by atoms with Crippen molar-refractivity contribution in [3.8, 4) is 6.07 Å². The van der Waals surface area contributed by atoms with Gasteiger partial charge in [-0.15, -0.1) is 0 Å². The van der Waals surface area contributed by atoms with Gasteiger partial charge in [0.25, 0.3) is 0 Å². The second kappa shape index (κ2) is 9.42. The predicted octanol–water partition coefficient (Wildman–Crippen LogP) is 0.447. The molecule has 0 bridgehead atoms. The molecule has 0 radical (unpaired) electrons. The molecule has 2 unspecified atom stereocenters. The van der Waals surface area contributed by atoms with Crippen molar-refractivity contribution in [3.05, 3.63) is 11.3 Å². The number of hydrogen-bond acceptors (Lipinski definition) is 9. The van der Waals surface area contributed by atoms with Gasteiger partial charge in [0.1, 0.15) is 23.7 Å². The fraction of sp³-hybridized carbons (Fsp3) is 0.562. The Morgan fingerprint density at radius 1 is 1.08 bits per heavy atom. The standard InChI is InChI=1S/C16H21N3O6/c1-4-23-14(20)9-7-10(15(21)24-5-2)13(18)19-12(9)11(8-17)16(22)25-6-3/h9-10H,4-7H2,1-3H3,(H2,18,19)/b12-11-. The third-order valence-corrected chi connectivity index (χ3v) is 3.40. The lowest BCUT2D eigenvalue weighted by Gasteiger charge is -2.26. The van der Waals surface area contributed by atoms with Crippen LogP contribution >= 0.6 is 0 Å². The van der Waals surface area contributed by atoms with Gasteiger partial charge in [0.05, 0.1) is 25.5 Å². The summed E-state index contributed by atoms with van der Waals surface area (Å²) in [6.45, 7) is 5.11. The molecule has 0 amide bonds. The largest absolute Gasteiger partial charge is 0.465 e. The fourth-order valence-electron chi connectivity index (χ4n) is 2.31. The number of esters is 3. The smallest absolute Gasteiger partial charge is 0.350 e. The zero-order chi connectivity index (χ0) is 19.0. The first-order chi connectivity index (χ1) is 11.9. The second-order valence-electron chi connectivity index (χ2n) is 4.97. The Morgan fingerprint density at radius 2 is 1.60 bits per heavy atom. The number of amidine groups is 1. The summed E-state index contributed by atoms with van der Waals surface area (Å²) in [5.41, 5.74) is 5.21. The van der Waals surface area contributed by atoms with E-state index >= 15 is 0 Å². The number of carbonyl (C=O) groups is 3. The summed E-state index contributed by atoms with van der Waals surface area (Å²) >= 11 is 0. The number of nitrogens with two attached hydrogens (primary N) is 1. The van der Waals surface area contributed by atoms with Crippen LogP contribution in [-0.4, -0.2) is 43.6 Å². The molecule has 25 heavy (non-hydrogen) atoms. The van der Waals surface area contributed by atoms with Gasteiger partial charge in [-0.25, -0.2) is 9.79 Å². The number of aliphatic imine (C=N–C) groups is 1. The van der Waals surface area contributed by atoms with E-state index in [-0.39, 0.29) is 37.8 Å². The van der Waals surface area contributed by atoms with Gasteiger partial charge in [0, 0.05) is 0 Å². The second-order valence-corrected chi connectivity index (χ2v) is 4.97. The van der Waals surface area contributed by atoms with Crippen molar-refractivity contribution >= 4 is 23.7 Å². The first-order valence-corrected chi connectivity index (χ1v) is 7.89. The van der Waals surface area contributed by atoms with Crippen LogP contribution in [0.5, 0.6) is 0 Å². The molecule has 0 aromatic carbocycles. The van der Waals surface area contributed by atoms with Crippen LogP contribution in [0, 0.1) is 23.2 Å². The molecule has 0 aromatic rings. The van der Waals surface area contributed by atoms with Crippen LogP contribution in [0.15, 0.2) is 16.3 Å². The first kappa shape index (κ1) is 20.2. The number of hydrogen-bond donors (Lipinski definition) is 1. The third kappa shape index (κ3) is 4.79. The average Bonchev–Trinajstić information content (AvgIpc) is 2.56. The molecule has 1 heterocycles. The summed E-state index contributed by atoms with van der Waals surface area (Å²) in [5.74, 6) is -4.45. The Bertz CT molecular complexity index is 647. The van der Waals surface area contributed by atoms with Gasteiger partial charge in [0.15, 0.2) is 5.57 Å². The van der Waals surface area contributed by atoms with Crippen LogP contribution in [0.3, 0.4) is 0 Å². The number of ether oxygens (including phenoxy) is 3. The average molecular weight is 351 g/mol. The van der Waals surface area contributed by atoms with Crippen LogP contribution in [0.25, 0.3) is 0 Å². The summed E-state index contributed by atoms with van der Waals surface area (Å²) in [4.78, 5) is 40.2. The van der Waals surface area contributed by atoms with Crippen molar-refractivity contribution in [1.82, 2.24) is 0 Å². The van der Waals surface area contributed by atoms with Gasteiger partial charge < -0.3 is 19.9 Å². The van der Waals surface area contributed by atoms with Crippen molar-refractivity contribution in [2.75, 3.05) is 19.8 Å². The molecule has 136 valence electrons. The van der Waals surface area contributed by atoms with E-state index in [4.69, 9.17) is 19.9 Å². The molecule has 0 spiro atoms. The minimum Gasteiger partial charge on any atom is -0.465 e. The van der Waals surface area contributed by atoms with E-state index in [9.17, 15) is 19.6 Å². The molecule has 0 aliphatic carbocycles. The molecule has 2 N–H and O–H groups in total. The highest BCUT2D eigenvalue weighted by Gasteiger charge is 2.40. The van der Waals surface area contributed by atoms with Crippen LogP contribution in [0.2, 0.25) is 0 Å². The molecule has 1 aliphatic rings. The highest BCUT2D eigenvalue weighted by molar-refractivity contribution is 6.04. The zero-order valence-electron chi connectivity index (χ0n) is 14.4. The summed E-state index contributed by atoms with van der Waals surface area (Å²) in [7, 11) is 0. The van der Waals surface area contributed by atoms with Gasteiger partial charge in [-0.2, -0.15) is 5.26 Å². The molecule has 1 rings (SSSR count). The van der Waals surface area contributed by atoms with E-state index in [2.05, 4.69) is 4.99 Å². The molecule has 0 saturated heterocycles. The normalized spacial score (nSPS) is 21.4. The lowest BCUT2D eigenvalue weighted by molar-refractivity contribution is -0.149. The number of carbonyl (C=O) groups excluding carboxylic acids is 3. The van der Waals surface area contributed by atoms with Crippen molar-refractivity contribution in [2.24, 2.45) is 22.6 Å². The maximum absolute atomic E-state index is 12.3. The summed E-state index contributed by atoms with van der Waals surface area (Å²) in [6.07, 6.45) is -0.104. The topological polar surface area (TPSA) is 141 Å². The van der Waals surface area contributed by atoms with Crippen molar-refractivity contribution in [3.63, 3.8) is 0 Å². The third-order valence-electron chi connectivity index (χ3n) is 3.40. The lowest BCUT2D eigenvalue weighted by atomic mass is 9.86. The van der Waals surface area contributed by atoms with Crippen LogP contribution < -0.4 is 5.73 Å². The van der Waals surface area contributed by atoms with E-state index in [1.807, 2.05) is 0 Å². The Balaban J connectivity index is 3.40. The lowest BCUT2D eigenvalue weighted by Crippen LogP contribution is -2.40. The van der Waals surface area contributed by atoms with Crippen LogP contribution in [0.1, 0.15) is 27.2 Å². The quantitative estimate of drug-likeness (QED) is 0.314. The molecule has 0 aromatic heterocycles. The molecule has 0 saturated carbocycles. The van der Waals surface area contributed by atoms with E-state index in [0.717, 1.165) is 0 Å². The molecular weight excluding hydrogens is 330 g/mol. The molecular formula is C16H21N3O6. The summed E-state index contributed by atoms with van der Waals surface area (Å²) in [5, 5.41) is 9.29. The predicted molar refractivity (Wildman–Crippen MR) is 85.8 cm³/mol. The van der Waals surface area contributed by atoms with E-state index in [1.54, 1.807) is 26.8 Å². The highest BCUT2D eigenvalue weighted by atomic mass is 16.5. The van der Waals surface area contributed by atoms with Crippen molar-refractivity contribution in [2.45, 2.75) is 27.2 Å². The van der Waals surface area contributed by atoms with Crippen LogP contribution in [-0.2, 0) is 28.6 Å². The molecule has 1 aliphatic heterocycles.